The molecule has 0 spiro atoms. The normalized spacial score (nSPS) is 13.6. The number of nitrogens with one attached hydrogen (secondary N) is 1. The molecule has 5 nitrogen and oxygen atoms in total. The van der Waals surface area contributed by atoms with Crippen molar-refractivity contribution in [3.05, 3.63) is 0 Å². The van der Waals surface area contributed by atoms with Crippen molar-refractivity contribution in [2.45, 2.75) is 46.6 Å². The first-order valence-electron chi connectivity index (χ1n) is 7.58. The van der Waals surface area contributed by atoms with Crippen LogP contribution in [-0.2, 0) is 9.53 Å². The topological polar surface area (TPSA) is 67.6 Å². The van der Waals surface area contributed by atoms with Crippen LogP contribution in [0.3, 0.4) is 0 Å². The molecular formula is C15H33N3O2. The first-order valence-corrected chi connectivity index (χ1v) is 7.58. The van der Waals surface area contributed by atoms with Gasteiger partial charge in [0.1, 0.15) is 0 Å². The van der Waals surface area contributed by atoms with Gasteiger partial charge >= 0.3 is 0 Å². The van der Waals surface area contributed by atoms with Gasteiger partial charge in [-0.25, -0.2) is 0 Å². The maximum Gasteiger partial charge on any atom is 0.237 e. The van der Waals surface area contributed by atoms with Crippen LogP contribution in [0.25, 0.3) is 0 Å². The number of hydrogen-bond acceptors (Lipinski definition) is 4. The van der Waals surface area contributed by atoms with E-state index < -0.39 is 0 Å². The van der Waals surface area contributed by atoms with Crippen LogP contribution in [0, 0.1) is 5.41 Å². The van der Waals surface area contributed by atoms with Crippen molar-refractivity contribution < 1.29 is 9.53 Å². The van der Waals surface area contributed by atoms with E-state index in [1.807, 2.05) is 6.92 Å². The summed E-state index contributed by atoms with van der Waals surface area (Å²) in [6.45, 7) is 12.1. The summed E-state index contributed by atoms with van der Waals surface area (Å²) in [4.78, 5) is 14.4. The van der Waals surface area contributed by atoms with Crippen molar-refractivity contribution in [2.75, 3.05) is 39.9 Å². The summed E-state index contributed by atoms with van der Waals surface area (Å²) in [5.41, 5.74) is 5.83. The van der Waals surface area contributed by atoms with Crippen molar-refractivity contribution in [1.29, 1.82) is 0 Å². The number of nitrogens with zero attached hydrogens (tertiary/aromatic N) is 1. The standard InChI is InChI=1S/C15H33N3O2/c1-6-9-18(12-15(3,4)11-16)13(2)14(19)17-8-7-10-20-5/h13H,6-12,16H2,1-5H3,(H,17,19). The lowest BCUT2D eigenvalue weighted by atomic mass is 9.92. The summed E-state index contributed by atoms with van der Waals surface area (Å²) >= 11 is 0. The van der Waals surface area contributed by atoms with Crippen molar-refractivity contribution >= 4 is 5.91 Å². The molecule has 0 aliphatic carbocycles. The monoisotopic (exact) mass is 287 g/mol. The summed E-state index contributed by atoms with van der Waals surface area (Å²) in [6, 6.07) is -0.122. The zero-order valence-corrected chi connectivity index (χ0v) is 13.9. The molecule has 0 aromatic heterocycles. The van der Waals surface area contributed by atoms with Crippen LogP contribution in [0.1, 0.15) is 40.5 Å². The van der Waals surface area contributed by atoms with Crippen LogP contribution in [-0.4, -0.2) is 56.7 Å². The third-order valence-corrected chi connectivity index (χ3v) is 3.45. The first-order chi connectivity index (χ1) is 9.37. The minimum absolute atomic E-state index is 0.0275. The van der Waals surface area contributed by atoms with Crippen LogP contribution in [0.2, 0.25) is 0 Å². The van der Waals surface area contributed by atoms with Crippen molar-refractivity contribution in [2.24, 2.45) is 11.1 Å². The van der Waals surface area contributed by atoms with Crippen molar-refractivity contribution in [3.8, 4) is 0 Å². The highest BCUT2D eigenvalue weighted by atomic mass is 16.5. The molecule has 0 fully saturated rings. The molecule has 120 valence electrons. The fraction of sp³-hybridized carbons (Fsp3) is 0.933. The zero-order chi connectivity index (χ0) is 15.6. The molecule has 20 heavy (non-hydrogen) atoms. The Balaban J connectivity index is 4.39. The number of carbonyl (C=O) groups is 1. The SMILES string of the molecule is CCCN(CC(C)(C)CN)C(C)C(=O)NCCCOC. The van der Waals surface area contributed by atoms with E-state index in [1.165, 1.54) is 0 Å². The van der Waals surface area contributed by atoms with E-state index in [0.29, 0.717) is 19.7 Å². The van der Waals surface area contributed by atoms with Crippen LogP contribution in [0.4, 0.5) is 0 Å². The Morgan fingerprint density at radius 1 is 1.45 bits per heavy atom. The number of hydrogen-bond donors (Lipinski definition) is 2. The summed E-state index contributed by atoms with van der Waals surface area (Å²) in [6.07, 6.45) is 1.87. The van der Waals surface area contributed by atoms with E-state index in [0.717, 1.165) is 25.9 Å². The second kappa shape index (κ2) is 10.1. The van der Waals surface area contributed by atoms with E-state index in [9.17, 15) is 4.79 Å². The number of ether oxygens (including phenoxy) is 1. The highest BCUT2D eigenvalue weighted by molar-refractivity contribution is 5.81. The van der Waals surface area contributed by atoms with Gasteiger partial charge in [0, 0.05) is 26.8 Å². The molecule has 0 saturated heterocycles. The fourth-order valence-electron chi connectivity index (χ4n) is 2.05. The third-order valence-electron chi connectivity index (χ3n) is 3.45. The highest BCUT2D eigenvalue weighted by Crippen LogP contribution is 2.17. The molecule has 0 saturated carbocycles. The van der Waals surface area contributed by atoms with Gasteiger partial charge in [-0.2, -0.15) is 0 Å². The number of amides is 1. The largest absolute Gasteiger partial charge is 0.385 e. The Kier molecular flexibility index (Phi) is 9.80. The van der Waals surface area contributed by atoms with E-state index in [-0.39, 0.29) is 17.4 Å². The third kappa shape index (κ3) is 7.82. The number of nitrogens with two attached hydrogens (primary N) is 1. The summed E-state index contributed by atoms with van der Waals surface area (Å²) in [5, 5.41) is 2.97. The smallest absolute Gasteiger partial charge is 0.237 e. The van der Waals surface area contributed by atoms with Gasteiger partial charge in [-0.15, -0.1) is 0 Å². The molecule has 0 aliphatic rings. The van der Waals surface area contributed by atoms with Crippen molar-refractivity contribution in [3.63, 3.8) is 0 Å². The molecule has 1 amide bonds. The van der Waals surface area contributed by atoms with E-state index in [4.69, 9.17) is 10.5 Å². The Bertz CT molecular complexity index is 270. The molecule has 3 N–H and O–H groups in total. The Morgan fingerprint density at radius 3 is 2.60 bits per heavy atom. The molecule has 1 unspecified atom stereocenters. The lowest BCUT2D eigenvalue weighted by molar-refractivity contribution is -0.126. The van der Waals surface area contributed by atoms with Gasteiger partial charge in [-0.3, -0.25) is 9.69 Å². The predicted molar refractivity (Wildman–Crippen MR) is 83.7 cm³/mol. The van der Waals surface area contributed by atoms with E-state index in [2.05, 4.69) is 31.0 Å². The molecule has 0 aromatic carbocycles. The highest BCUT2D eigenvalue weighted by Gasteiger charge is 2.26. The number of carbonyl (C=O) groups excluding carboxylic acids is 1. The van der Waals surface area contributed by atoms with Crippen LogP contribution in [0.15, 0.2) is 0 Å². The summed E-state index contributed by atoms with van der Waals surface area (Å²) < 4.78 is 4.97. The molecular weight excluding hydrogens is 254 g/mol. The predicted octanol–water partition coefficient (Wildman–Crippen LogP) is 1.22. The first kappa shape index (κ1) is 19.4. The van der Waals surface area contributed by atoms with Gasteiger partial charge in [0.15, 0.2) is 0 Å². The average Bonchev–Trinajstić information content (AvgIpc) is 2.42. The number of methoxy groups -OCH3 is 1. The molecule has 0 heterocycles. The minimum atomic E-state index is -0.122. The van der Waals surface area contributed by atoms with Gasteiger partial charge in [-0.05, 0) is 38.3 Å². The fourth-order valence-corrected chi connectivity index (χ4v) is 2.05. The molecule has 0 rings (SSSR count). The lowest BCUT2D eigenvalue weighted by Gasteiger charge is -2.35. The molecule has 0 radical (unpaired) electrons. The van der Waals surface area contributed by atoms with Gasteiger partial charge in [0.25, 0.3) is 0 Å². The van der Waals surface area contributed by atoms with E-state index in [1.54, 1.807) is 7.11 Å². The molecule has 5 heteroatoms. The maximum absolute atomic E-state index is 12.2. The van der Waals surface area contributed by atoms with Gasteiger partial charge in [0.05, 0.1) is 6.04 Å². The van der Waals surface area contributed by atoms with Crippen LogP contribution < -0.4 is 11.1 Å². The summed E-state index contributed by atoms with van der Waals surface area (Å²) in [5.74, 6) is 0.0855. The summed E-state index contributed by atoms with van der Waals surface area (Å²) in [7, 11) is 1.67. The number of rotatable bonds is 11. The van der Waals surface area contributed by atoms with Gasteiger partial charge in [0.2, 0.25) is 5.91 Å². The van der Waals surface area contributed by atoms with Gasteiger partial charge < -0.3 is 15.8 Å². The second-order valence-electron chi connectivity index (χ2n) is 6.15. The van der Waals surface area contributed by atoms with Gasteiger partial charge in [-0.1, -0.05) is 20.8 Å². The second-order valence-corrected chi connectivity index (χ2v) is 6.15. The van der Waals surface area contributed by atoms with Crippen molar-refractivity contribution in [1.82, 2.24) is 10.2 Å². The molecule has 0 aliphatic heterocycles. The quantitative estimate of drug-likeness (QED) is 0.561. The Labute approximate surface area is 124 Å². The zero-order valence-electron chi connectivity index (χ0n) is 13.9. The molecule has 1 atom stereocenters. The average molecular weight is 287 g/mol. The van der Waals surface area contributed by atoms with Crippen LogP contribution in [0.5, 0.6) is 0 Å². The minimum Gasteiger partial charge on any atom is -0.385 e. The Morgan fingerprint density at radius 2 is 2.10 bits per heavy atom. The van der Waals surface area contributed by atoms with E-state index >= 15 is 0 Å². The van der Waals surface area contributed by atoms with Crippen LogP contribution >= 0.6 is 0 Å². The Hall–Kier alpha value is -0.650. The maximum atomic E-state index is 12.2. The molecule has 0 bridgehead atoms. The lowest BCUT2D eigenvalue weighted by Crippen LogP contribution is -2.50. The molecule has 0 aromatic rings.